The van der Waals surface area contributed by atoms with Crippen molar-refractivity contribution in [1.82, 2.24) is 19.5 Å². The number of nitrogens with one attached hydrogen (secondary N) is 1. The number of para-hydroxylation sites is 4. The van der Waals surface area contributed by atoms with Crippen molar-refractivity contribution in [2.45, 2.75) is 0 Å². The number of pyridine rings is 1. The van der Waals surface area contributed by atoms with Crippen molar-refractivity contribution in [3.05, 3.63) is 188 Å². The molecule has 10 aromatic rings. The molecule has 0 aliphatic carbocycles. The number of nitrogens with zero attached hydrogens (tertiary/aromatic N) is 3. The van der Waals surface area contributed by atoms with Gasteiger partial charge >= 0.3 is 0 Å². The molecule has 3 heterocycles. The molecule has 0 atom stereocenters. The lowest BCUT2D eigenvalue weighted by Crippen LogP contribution is -2.00. The van der Waals surface area contributed by atoms with E-state index in [0.717, 1.165) is 78.2 Å². The molecular weight excluding hydrogens is 633 g/mol. The number of aromatic amines is 1. The Morgan fingerprint density at radius 1 is 0.442 bits per heavy atom. The first-order chi connectivity index (χ1) is 25.8. The summed E-state index contributed by atoms with van der Waals surface area (Å²) in [5.41, 5.74) is 15.1. The highest BCUT2D eigenvalue weighted by Gasteiger charge is 2.22. The second-order valence-electron chi connectivity index (χ2n) is 13.1. The van der Waals surface area contributed by atoms with E-state index in [1.165, 1.54) is 16.3 Å². The van der Waals surface area contributed by atoms with Gasteiger partial charge in [0.1, 0.15) is 5.82 Å². The molecule has 4 nitrogen and oxygen atoms in total. The maximum Gasteiger partial charge on any atom is 0.147 e. The quantitative estimate of drug-likeness (QED) is 0.192. The van der Waals surface area contributed by atoms with Gasteiger partial charge in [0.15, 0.2) is 0 Å². The minimum absolute atomic E-state index is 0.886. The predicted molar refractivity (Wildman–Crippen MR) is 215 cm³/mol. The molecular formula is C48H32N4. The lowest BCUT2D eigenvalue weighted by Gasteiger charge is -2.15. The van der Waals surface area contributed by atoms with Crippen LogP contribution in [0.2, 0.25) is 0 Å². The Morgan fingerprint density at radius 2 is 1.10 bits per heavy atom. The zero-order chi connectivity index (χ0) is 34.4. The highest BCUT2D eigenvalue weighted by Crippen LogP contribution is 2.41. The van der Waals surface area contributed by atoms with E-state index in [-0.39, 0.29) is 0 Å². The van der Waals surface area contributed by atoms with Crippen LogP contribution in [-0.2, 0) is 0 Å². The fourth-order valence-corrected chi connectivity index (χ4v) is 7.59. The number of hydrogen-bond donors (Lipinski definition) is 1. The van der Waals surface area contributed by atoms with Crippen LogP contribution in [0.5, 0.6) is 0 Å². The van der Waals surface area contributed by atoms with Crippen molar-refractivity contribution in [3.63, 3.8) is 0 Å². The molecule has 7 aromatic carbocycles. The second kappa shape index (κ2) is 12.4. The van der Waals surface area contributed by atoms with E-state index in [1.54, 1.807) is 0 Å². The predicted octanol–water partition coefficient (Wildman–Crippen LogP) is 12.4. The number of benzene rings is 7. The van der Waals surface area contributed by atoms with Crippen LogP contribution in [0, 0.1) is 0 Å². The molecule has 52 heavy (non-hydrogen) atoms. The van der Waals surface area contributed by atoms with E-state index < -0.39 is 0 Å². The zero-order valence-corrected chi connectivity index (χ0v) is 28.2. The summed E-state index contributed by atoms with van der Waals surface area (Å²) >= 11 is 0. The fourth-order valence-electron chi connectivity index (χ4n) is 7.59. The number of imidazole rings is 1. The maximum absolute atomic E-state index is 5.57. The largest absolute Gasteiger partial charge is 0.354 e. The molecule has 3 aromatic heterocycles. The second-order valence-corrected chi connectivity index (χ2v) is 13.1. The summed E-state index contributed by atoms with van der Waals surface area (Å²) in [4.78, 5) is 14.1. The Kier molecular flexibility index (Phi) is 7.10. The lowest BCUT2D eigenvalue weighted by atomic mass is 9.98. The SMILES string of the molecule is c1ccc(-c2ccnc(-c3cccc(-c4cccc5c4nc(-c4cccc6c4[nH]c4ccccc46)n5-c4ccccc4-c4ccccc4)c3)c2)cc1. The van der Waals surface area contributed by atoms with E-state index in [2.05, 4.69) is 185 Å². The molecule has 0 spiro atoms. The zero-order valence-electron chi connectivity index (χ0n) is 28.2. The number of fused-ring (bicyclic) bond motifs is 4. The van der Waals surface area contributed by atoms with Crippen molar-refractivity contribution >= 4 is 32.8 Å². The van der Waals surface area contributed by atoms with Crippen molar-refractivity contribution in [3.8, 4) is 61.7 Å². The van der Waals surface area contributed by atoms with Gasteiger partial charge in [0.25, 0.3) is 0 Å². The third-order valence-electron chi connectivity index (χ3n) is 10.0. The van der Waals surface area contributed by atoms with Gasteiger partial charge < -0.3 is 4.98 Å². The Bertz CT molecular complexity index is 2900. The van der Waals surface area contributed by atoms with Crippen LogP contribution in [0.15, 0.2) is 188 Å². The smallest absolute Gasteiger partial charge is 0.147 e. The van der Waals surface area contributed by atoms with E-state index in [0.29, 0.717) is 0 Å². The average Bonchev–Trinajstić information content (AvgIpc) is 3.81. The normalized spacial score (nSPS) is 11.5. The maximum atomic E-state index is 5.57. The lowest BCUT2D eigenvalue weighted by molar-refractivity contribution is 1.11. The summed E-state index contributed by atoms with van der Waals surface area (Å²) in [5.74, 6) is 0.886. The minimum atomic E-state index is 0.886. The van der Waals surface area contributed by atoms with Gasteiger partial charge in [-0.3, -0.25) is 9.55 Å². The van der Waals surface area contributed by atoms with Gasteiger partial charge in [0.05, 0.1) is 27.9 Å². The summed E-state index contributed by atoms with van der Waals surface area (Å²) in [6.45, 7) is 0. The Balaban J connectivity index is 1.21. The van der Waals surface area contributed by atoms with E-state index in [1.807, 2.05) is 12.3 Å². The molecule has 244 valence electrons. The molecule has 0 bridgehead atoms. The first-order valence-corrected chi connectivity index (χ1v) is 17.6. The summed E-state index contributed by atoms with van der Waals surface area (Å²) in [7, 11) is 0. The molecule has 0 aliphatic heterocycles. The van der Waals surface area contributed by atoms with Crippen LogP contribution >= 0.6 is 0 Å². The number of H-pyrrole nitrogens is 1. The van der Waals surface area contributed by atoms with Gasteiger partial charge in [0.2, 0.25) is 0 Å². The molecule has 0 saturated carbocycles. The van der Waals surface area contributed by atoms with Gasteiger partial charge in [-0.1, -0.05) is 140 Å². The first-order valence-electron chi connectivity index (χ1n) is 17.6. The van der Waals surface area contributed by atoms with Gasteiger partial charge in [-0.15, -0.1) is 0 Å². The molecule has 0 radical (unpaired) electrons. The molecule has 0 unspecified atom stereocenters. The third kappa shape index (κ3) is 5.00. The molecule has 0 aliphatic rings. The van der Waals surface area contributed by atoms with Crippen molar-refractivity contribution in [2.75, 3.05) is 0 Å². The minimum Gasteiger partial charge on any atom is -0.354 e. The van der Waals surface area contributed by atoms with E-state index >= 15 is 0 Å². The highest BCUT2D eigenvalue weighted by atomic mass is 15.1. The molecule has 10 rings (SSSR count). The number of hydrogen-bond acceptors (Lipinski definition) is 2. The van der Waals surface area contributed by atoms with Gasteiger partial charge in [-0.25, -0.2) is 4.98 Å². The van der Waals surface area contributed by atoms with Crippen LogP contribution in [0.3, 0.4) is 0 Å². The molecule has 0 amide bonds. The van der Waals surface area contributed by atoms with E-state index in [9.17, 15) is 0 Å². The molecule has 4 heteroatoms. The topological polar surface area (TPSA) is 46.5 Å². The summed E-state index contributed by atoms with van der Waals surface area (Å²) in [6, 6.07) is 64.2. The standard InChI is InChI=1S/C48H32N4/c1-3-14-32(15-4-1)34-28-29-49-43(31-34)36-19-11-18-35(30-36)38-22-13-27-45-47(38)51-48(41-24-12-23-40-39-21-7-9-25-42(39)50-46(40)41)52(45)44-26-10-8-20-37(44)33-16-5-2-6-17-33/h1-31,50H. The Hall–Kier alpha value is -7.04. The molecule has 0 saturated heterocycles. The first kappa shape index (κ1) is 29.8. The third-order valence-corrected chi connectivity index (χ3v) is 10.0. The van der Waals surface area contributed by atoms with Gasteiger partial charge in [0, 0.05) is 44.7 Å². The van der Waals surface area contributed by atoms with Crippen LogP contribution < -0.4 is 0 Å². The van der Waals surface area contributed by atoms with Crippen molar-refractivity contribution in [2.24, 2.45) is 0 Å². The van der Waals surface area contributed by atoms with Crippen LogP contribution in [0.25, 0.3) is 94.6 Å². The summed E-state index contributed by atoms with van der Waals surface area (Å²) in [6.07, 6.45) is 1.90. The summed E-state index contributed by atoms with van der Waals surface area (Å²) in [5, 5.41) is 2.38. The van der Waals surface area contributed by atoms with Crippen LogP contribution in [0.4, 0.5) is 0 Å². The average molecular weight is 665 g/mol. The molecule has 0 fully saturated rings. The number of rotatable bonds is 6. The van der Waals surface area contributed by atoms with Gasteiger partial charge in [-0.05, 0) is 64.7 Å². The number of aromatic nitrogens is 4. The monoisotopic (exact) mass is 664 g/mol. The van der Waals surface area contributed by atoms with Crippen LogP contribution in [-0.4, -0.2) is 19.5 Å². The highest BCUT2D eigenvalue weighted by molar-refractivity contribution is 6.12. The Morgan fingerprint density at radius 3 is 1.98 bits per heavy atom. The van der Waals surface area contributed by atoms with Crippen molar-refractivity contribution in [1.29, 1.82) is 0 Å². The van der Waals surface area contributed by atoms with E-state index in [4.69, 9.17) is 9.97 Å². The summed E-state index contributed by atoms with van der Waals surface area (Å²) < 4.78 is 2.34. The van der Waals surface area contributed by atoms with Crippen LogP contribution in [0.1, 0.15) is 0 Å². The molecule has 1 N–H and O–H groups in total. The Labute approximate surface area is 301 Å². The van der Waals surface area contributed by atoms with Gasteiger partial charge in [-0.2, -0.15) is 0 Å². The van der Waals surface area contributed by atoms with Crippen molar-refractivity contribution < 1.29 is 0 Å². The fraction of sp³-hybridized carbons (Fsp3) is 0.